The number of pyridine rings is 1. The molecular formula is C22H26FN3O2. The summed E-state index contributed by atoms with van der Waals surface area (Å²) in [7, 11) is 0. The van der Waals surface area contributed by atoms with Crippen molar-refractivity contribution < 1.29 is 9.18 Å². The third kappa shape index (κ3) is 3.74. The van der Waals surface area contributed by atoms with Crippen molar-refractivity contribution in [2.24, 2.45) is 5.92 Å². The Morgan fingerprint density at radius 1 is 1.14 bits per heavy atom. The van der Waals surface area contributed by atoms with Gasteiger partial charge in [0.25, 0.3) is 11.5 Å². The van der Waals surface area contributed by atoms with E-state index in [1.807, 2.05) is 36.9 Å². The summed E-state index contributed by atoms with van der Waals surface area (Å²) >= 11 is 0. The van der Waals surface area contributed by atoms with Crippen LogP contribution in [-0.4, -0.2) is 46.4 Å². The Kier molecular flexibility index (Phi) is 5.06. The lowest BCUT2D eigenvalue weighted by atomic mass is 9.94. The molecule has 0 unspecified atom stereocenters. The van der Waals surface area contributed by atoms with Gasteiger partial charge in [-0.2, -0.15) is 0 Å². The molecule has 1 aromatic heterocycles. The summed E-state index contributed by atoms with van der Waals surface area (Å²) in [4.78, 5) is 32.7. The molecule has 5 rings (SSSR count). The van der Waals surface area contributed by atoms with Crippen LogP contribution in [0.1, 0.15) is 40.0 Å². The fraction of sp³-hybridized carbons (Fsp3) is 0.455. The van der Waals surface area contributed by atoms with E-state index in [2.05, 4.69) is 9.88 Å². The molecule has 148 valence electrons. The van der Waals surface area contributed by atoms with Gasteiger partial charge in [0.2, 0.25) is 0 Å². The molecule has 2 atom stereocenters. The minimum Gasteiger partial charge on any atom is -0.334 e. The molecule has 28 heavy (non-hydrogen) atoms. The highest BCUT2D eigenvalue weighted by Gasteiger charge is 2.38. The van der Waals surface area contributed by atoms with E-state index in [1.165, 1.54) is 12.1 Å². The van der Waals surface area contributed by atoms with Crippen LogP contribution in [0.4, 0.5) is 4.39 Å². The lowest BCUT2D eigenvalue weighted by molar-refractivity contribution is 0.0582. The summed E-state index contributed by atoms with van der Waals surface area (Å²) in [6.45, 7) is 6.79. The van der Waals surface area contributed by atoms with Gasteiger partial charge in [-0.05, 0) is 61.9 Å². The van der Waals surface area contributed by atoms with E-state index in [4.69, 9.17) is 0 Å². The van der Waals surface area contributed by atoms with Gasteiger partial charge in [0, 0.05) is 37.9 Å². The second-order valence-corrected chi connectivity index (χ2v) is 8.21. The van der Waals surface area contributed by atoms with Crippen molar-refractivity contribution in [3.63, 3.8) is 0 Å². The van der Waals surface area contributed by atoms with Crippen molar-refractivity contribution >= 4 is 5.91 Å². The second-order valence-electron chi connectivity index (χ2n) is 8.21. The number of carbonyl (C=O) groups excluding carboxylic acids is 1. The van der Waals surface area contributed by atoms with E-state index >= 15 is 0 Å². The maximum Gasteiger partial charge on any atom is 0.261 e. The fourth-order valence-corrected chi connectivity index (χ4v) is 4.67. The van der Waals surface area contributed by atoms with Gasteiger partial charge in [-0.15, -0.1) is 0 Å². The summed E-state index contributed by atoms with van der Waals surface area (Å²) < 4.78 is 13.2. The zero-order valence-corrected chi connectivity index (χ0v) is 16.4. The Morgan fingerprint density at radius 2 is 1.89 bits per heavy atom. The highest BCUT2D eigenvalue weighted by atomic mass is 19.1. The highest BCUT2D eigenvalue weighted by molar-refractivity contribution is 5.95. The Hall–Kier alpha value is -2.47. The van der Waals surface area contributed by atoms with Gasteiger partial charge in [0.1, 0.15) is 11.4 Å². The van der Waals surface area contributed by atoms with Crippen LogP contribution in [-0.2, 0) is 6.54 Å². The molecule has 4 heterocycles. The Morgan fingerprint density at radius 3 is 2.61 bits per heavy atom. The van der Waals surface area contributed by atoms with Gasteiger partial charge in [-0.3, -0.25) is 14.5 Å². The zero-order valence-electron chi connectivity index (χ0n) is 16.4. The molecule has 3 fully saturated rings. The van der Waals surface area contributed by atoms with Gasteiger partial charge in [-0.1, -0.05) is 12.1 Å². The van der Waals surface area contributed by atoms with Crippen molar-refractivity contribution in [1.29, 1.82) is 0 Å². The van der Waals surface area contributed by atoms with E-state index in [1.54, 1.807) is 0 Å². The molecule has 3 aliphatic heterocycles. The molecule has 1 amide bonds. The molecule has 0 saturated carbocycles. The summed E-state index contributed by atoms with van der Waals surface area (Å²) in [5.74, 6) is 0.0141. The smallest absolute Gasteiger partial charge is 0.261 e. The fourth-order valence-electron chi connectivity index (χ4n) is 4.67. The predicted molar refractivity (Wildman–Crippen MR) is 106 cm³/mol. The number of nitrogens with one attached hydrogen (secondary N) is 1. The van der Waals surface area contributed by atoms with Crippen LogP contribution in [0.25, 0.3) is 0 Å². The van der Waals surface area contributed by atoms with Crippen LogP contribution in [0.5, 0.6) is 0 Å². The molecule has 1 N–H and O–H groups in total. The molecule has 6 heteroatoms. The van der Waals surface area contributed by atoms with E-state index in [0.717, 1.165) is 49.3 Å². The number of piperidine rings is 1. The molecule has 2 bridgehead atoms. The van der Waals surface area contributed by atoms with Crippen molar-refractivity contribution in [3.8, 4) is 0 Å². The van der Waals surface area contributed by atoms with Crippen LogP contribution >= 0.6 is 0 Å². The number of carbonyl (C=O) groups is 1. The van der Waals surface area contributed by atoms with Crippen molar-refractivity contribution in [2.75, 3.05) is 19.6 Å². The lowest BCUT2D eigenvalue weighted by Gasteiger charge is -2.36. The number of aromatic amines is 1. The highest BCUT2D eigenvalue weighted by Crippen LogP contribution is 2.30. The van der Waals surface area contributed by atoms with Crippen LogP contribution in [0, 0.1) is 25.6 Å². The SMILES string of the molecule is Cc1cc(C)c(C(=O)N2C[C@H]3CC[C@@H]2CN(Cc2ccc(F)cc2)C3)c(=O)[nH]1. The molecular weight excluding hydrogens is 357 g/mol. The van der Waals surface area contributed by atoms with Gasteiger partial charge in [-0.25, -0.2) is 4.39 Å². The van der Waals surface area contributed by atoms with E-state index in [-0.39, 0.29) is 28.9 Å². The molecule has 3 aliphatic rings. The number of benzene rings is 1. The molecule has 3 saturated heterocycles. The summed E-state index contributed by atoms with van der Waals surface area (Å²) in [5, 5.41) is 0. The summed E-state index contributed by atoms with van der Waals surface area (Å²) in [6, 6.07) is 8.58. The zero-order chi connectivity index (χ0) is 19.8. The van der Waals surface area contributed by atoms with Gasteiger partial charge in [0.05, 0.1) is 0 Å². The predicted octanol–water partition coefficient (Wildman–Crippen LogP) is 2.87. The van der Waals surface area contributed by atoms with E-state index in [9.17, 15) is 14.0 Å². The minimum absolute atomic E-state index is 0.104. The molecule has 2 aromatic rings. The maximum atomic E-state index is 13.2. The first-order valence-electron chi connectivity index (χ1n) is 9.89. The third-order valence-electron chi connectivity index (χ3n) is 5.95. The van der Waals surface area contributed by atoms with Gasteiger partial charge in [0.15, 0.2) is 0 Å². The average Bonchev–Trinajstić information content (AvgIpc) is 2.93. The number of hydrogen-bond acceptors (Lipinski definition) is 3. The molecule has 0 spiro atoms. The second kappa shape index (κ2) is 7.51. The van der Waals surface area contributed by atoms with Crippen molar-refractivity contribution in [1.82, 2.24) is 14.8 Å². The van der Waals surface area contributed by atoms with Crippen LogP contribution in [0.3, 0.4) is 0 Å². The maximum absolute atomic E-state index is 13.2. The number of amides is 1. The number of hydrogen-bond donors (Lipinski definition) is 1. The number of rotatable bonds is 3. The van der Waals surface area contributed by atoms with Crippen LogP contribution < -0.4 is 5.56 Å². The molecule has 1 aromatic carbocycles. The Balaban J connectivity index is 1.54. The van der Waals surface area contributed by atoms with Crippen LogP contribution in [0.15, 0.2) is 35.1 Å². The summed E-state index contributed by atoms with van der Waals surface area (Å²) in [5.41, 5.74) is 2.54. The monoisotopic (exact) mass is 383 g/mol. The Labute approximate surface area is 164 Å². The molecule has 0 aliphatic carbocycles. The van der Waals surface area contributed by atoms with Crippen molar-refractivity contribution in [3.05, 3.63) is 68.9 Å². The normalized spacial score (nSPS) is 22.3. The largest absolute Gasteiger partial charge is 0.334 e. The average molecular weight is 383 g/mol. The standard InChI is InChI=1S/C22H26FN3O2/c1-14-9-15(2)24-21(27)20(14)22(28)26-12-17-5-8-19(26)13-25(11-17)10-16-3-6-18(23)7-4-16/h3-4,6-7,9,17,19H,5,8,10-13H2,1-2H3,(H,24,27)/t17-,19+/m0/s1. The number of H-pyrrole nitrogens is 1. The quantitative estimate of drug-likeness (QED) is 0.887. The summed E-state index contributed by atoms with van der Waals surface area (Å²) in [6.07, 6.45) is 2.05. The Bertz CT molecular complexity index is 938. The first-order chi connectivity index (χ1) is 13.4. The van der Waals surface area contributed by atoms with Crippen LogP contribution in [0.2, 0.25) is 0 Å². The first-order valence-corrected chi connectivity index (χ1v) is 9.89. The number of aryl methyl sites for hydroxylation is 2. The lowest BCUT2D eigenvalue weighted by Crippen LogP contribution is -2.48. The number of aromatic nitrogens is 1. The topological polar surface area (TPSA) is 56.4 Å². The number of fused-ring (bicyclic) bond motifs is 4. The number of halogens is 1. The molecule has 5 nitrogen and oxygen atoms in total. The van der Waals surface area contributed by atoms with E-state index in [0.29, 0.717) is 12.5 Å². The van der Waals surface area contributed by atoms with Crippen molar-refractivity contribution in [2.45, 2.75) is 39.3 Å². The number of nitrogens with zero attached hydrogens (tertiary/aromatic N) is 2. The molecule has 0 radical (unpaired) electrons. The first kappa shape index (κ1) is 18.9. The van der Waals surface area contributed by atoms with Gasteiger partial charge >= 0.3 is 0 Å². The minimum atomic E-state index is -0.300. The van der Waals surface area contributed by atoms with Gasteiger partial charge < -0.3 is 9.88 Å². The third-order valence-corrected chi connectivity index (χ3v) is 5.95. The van der Waals surface area contributed by atoms with E-state index < -0.39 is 0 Å².